The van der Waals surface area contributed by atoms with Crippen molar-refractivity contribution in [2.24, 2.45) is 5.92 Å². The molecule has 45 heavy (non-hydrogen) atoms. The topological polar surface area (TPSA) is 118 Å². The van der Waals surface area contributed by atoms with Gasteiger partial charge >= 0.3 is 11.0 Å². The van der Waals surface area contributed by atoms with Crippen LogP contribution in [0.25, 0.3) is 0 Å². The molecule has 0 radical (unpaired) electrons. The number of imide groups is 1. The summed E-state index contributed by atoms with van der Waals surface area (Å²) in [5.41, 5.74) is -0.887. The van der Waals surface area contributed by atoms with Crippen molar-refractivity contribution in [3.63, 3.8) is 0 Å². The van der Waals surface area contributed by atoms with Crippen LogP contribution in [0, 0.1) is 11.7 Å². The van der Waals surface area contributed by atoms with Crippen molar-refractivity contribution < 1.29 is 41.4 Å². The summed E-state index contributed by atoms with van der Waals surface area (Å²) < 4.78 is 65.9. The van der Waals surface area contributed by atoms with Crippen molar-refractivity contribution >= 4 is 52.2 Å². The second kappa shape index (κ2) is 11.7. The van der Waals surface area contributed by atoms with E-state index >= 15 is 0 Å². The maximum absolute atomic E-state index is 13.9. The minimum Gasteiger partial charge on any atom is -0.493 e. The monoisotopic (exact) mass is 659 g/mol. The first kappa shape index (κ1) is 30.4. The molecule has 0 unspecified atom stereocenters. The summed E-state index contributed by atoms with van der Waals surface area (Å²) in [5, 5.41) is 1.80. The predicted octanol–water partition coefficient (Wildman–Crippen LogP) is 5.42. The van der Waals surface area contributed by atoms with Gasteiger partial charge in [-0.25, -0.2) is 9.29 Å². The van der Waals surface area contributed by atoms with Gasteiger partial charge in [-0.1, -0.05) is 41.3 Å². The number of H-pyrrole nitrogens is 1. The molecular formula is C30H21F4N3O6S2. The molecule has 2 N–H and O–H groups in total. The van der Waals surface area contributed by atoms with Gasteiger partial charge in [-0.15, -0.1) is 0 Å². The zero-order valence-electron chi connectivity index (χ0n) is 23.0. The fourth-order valence-corrected chi connectivity index (χ4v) is 7.91. The number of para-hydroxylation sites is 1. The number of fused-ring (bicyclic) bond motifs is 2. The van der Waals surface area contributed by atoms with E-state index in [9.17, 15) is 36.7 Å². The predicted molar refractivity (Wildman–Crippen MR) is 157 cm³/mol. The number of nitrogens with zero attached hydrogens (tertiary/aromatic N) is 1. The summed E-state index contributed by atoms with van der Waals surface area (Å²) in [4.78, 5) is 55.6. The van der Waals surface area contributed by atoms with Gasteiger partial charge in [0.05, 0.1) is 29.3 Å². The van der Waals surface area contributed by atoms with Crippen LogP contribution in [0.5, 0.6) is 11.5 Å². The number of nitrogens with one attached hydrogen (secondary N) is 2. The maximum atomic E-state index is 13.9. The number of methoxy groups -OCH3 is 1. The molecule has 0 bridgehead atoms. The summed E-state index contributed by atoms with van der Waals surface area (Å²) in [7, 11) is 1.35. The maximum Gasteiger partial charge on any atom is 0.418 e. The van der Waals surface area contributed by atoms with Gasteiger partial charge in [0.2, 0.25) is 11.8 Å². The van der Waals surface area contributed by atoms with E-state index in [0.717, 1.165) is 35.2 Å². The molecule has 3 aromatic carbocycles. The lowest BCUT2D eigenvalue weighted by molar-refractivity contribution is -0.137. The molecule has 232 valence electrons. The van der Waals surface area contributed by atoms with Gasteiger partial charge in [0.25, 0.3) is 5.91 Å². The van der Waals surface area contributed by atoms with Crippen LogP contribution in [0.4, 0.5) is 28.9 Å². The average Bonchev–Trinajstić information content (AvgIpc) is 3.50. The number of hydrogen-bond acceptors (Lipinski definition) is 8. The lowest BCUT2D eigenvalue weighted by Crippen LogP contribution is -2.33. The third kappa shape index (κ3) is 5.68. The van der Waals surface area contributed by atoms with Crippen LogP contribution in [0.15, 0.2) is 76.6 Å². The van der Waals surface area contributed by atoms with Crippen LogP contribution < -0.4 is 24.6 Å². The molecule has 9 nitrogen and oxygen atoms in total. The molecule has 1 saturated heterocycles. The smallest absolute Gasteiger partial charge is 0.418 e. The van der Waals surface area contributed by atoms with Crippen molar-refractivity contribution in [3.8, 4) is 11.5 Å². The molecule has 15 heteroatoms. The number of anilines is 2. The quantitative estimate of drug-likeness (QED) is 0.201. The lowest BCUT2D eigenvalue weighted by atomic mass is 9.83. The highest BCUT2D eigenvalue weighted by molar-refractivity contribution is 8.00. The lowest BCUT2D eigenvalue weighted by Gasteiger charge is -2.30. The molecule has 1 aromatic heterocycles. The van der Waals surface area contributed by atoms with Crippen LogP contribution in [0.2, 0.25) is 0 Å². The second-order valence-corrected chi connectivity index (χ2v) is 12.2. The van der Waals surface area contributed by atoms with Crippen LogP contribution in [-0.4, -0.2) is 41.7 Å². The minimum atomic E-state index is -4.82. The molecule has 4 aromatic rings. The van der Waals surface area contributed by atoms with E-state index in [2.05, 4.69) is 10.3 Å². The zero-order chi connectivity index (χ0) is 32.0. The number of ether oxygens (including phenoxy) is 2. The van der Waals surface area contributed by atoms with Crippen LogP contribution in [0.3, 0.4) is 0 Å². The summed E-state index contributed by atoms with van der Waals surface area (Å²) in [6, 6.07) is 14.1. The number of thioether (sulfide) groups is 1. The number of benzene rings is 3. The molecule has 1 fully saturated rings. The average molecular weight is 660 g/mol. The van der Waals surface area contributed by atoms with Gasteiger partial charge in [-0.2, -0.15) is 13.2 Å². The van der Waals surface area contributed by atoms with E-state index in [1.54, 1.807) is 6.07 Å². The molecule has 3 amide bonds. The number of rotatable bonds is 7. The Hall–Kier alpha value is -4.63. The first-order valence-electron chi connectivity index (χ1n) is 13.3. The zero-order valence-corrected chi connectivity index (χ0v) is 24.6. The SMILES string of the molecule is COc1cc([C@@H]2c3sc(=O)[nH]c3S[C@H]3C(=O)N(c4ccccc4C(F)(F)F)C(=O)[C@@H]23)ccc1OCC(=O)Nc1ccc(F)cc1. The molecule has 2 aliphatic rings. The molecule has 0 aliphatic carbocycles. The molecular weight excluding hydrogens is 638 g/mol. The van der Waals surface area contributed by atoms with E-state index in [4.69, 9.17) is 9.47 Å². The number of carbonyl (C=O) groups is 3. The van der Waals surface area contributed by atoms with E-state index < -0.39 is 69.5 Å². The number of thiazole rings is 1. The highest BCUT2D eigenvalue weighted by atomic mass is 32.2. The van der Waals surface area contributed by atoms with Gasteiger partial charge in [-0.3, -0.25) is 19.2 Å². The number of carbonyl (C=O) groups excluding carboxylic acids is 3. The van der Waals surface area contributed by atoms with E-state index in [1.807, 2.05) is 0 Å². The number of halogens is 4. The Morgan fingerprint density at radius 1 is 1.00 bits per heavy atom. The third-order valence-corrected chi connectivity index (χ3v) is 9.71. The first-order chi connectivity index (χ1) is 21.5. The van der Waals surface area contributed by atoms with Crippen molar-refractivity contribution in [1.82, 2.24) is 4.98 Å². The standard InChI is InChI=1S/C30H21F4N3O6S2/c1-42-20-12-14(6-11-19(20)43-13-21(38)35-16-9-7-15(31)8-10-16)22-23-25(44-26-24(22)45-29(41)36-26)28(40)37(27(23)39)18-5-3-2-4-17(18)30(32,33)34/h2-12,22-23,25H,13H2,1H3,(H,35,38)(H,36,41)/t22-,23-,25+/m0/s1. The number of aromatic amines is 1. The van der Waals surface area contributed by atoms with Gasteiger partial charge in [0.15, 0.2) is 18.1 Å². The molecule has 2 aliphatic heterocycles. The molecule has 0 spiro atoms. The molecule has 6 rings (SSSR count). The Morgan fingerprint density at radius 3 is 2.44 bits per heavy atom. The molecule has 0 saturated carbocycles. The fourth-order valence-electron chi connectivity index (χ4n) is 5.39. The van der Waals surface area contributed by atoms with E-state index in [-0.39, 0.29) is 11.5 Å². The number of amides is 3. The molecule has 3 heterocycles. The Labute approximate surface area is 260 Å². The fraction of sp³-hybridized carbons (Fsp3) is 0.200. The van der Waals surface area contributed by atoms with Gasteiger partial charge in [0, 0.05) is 16.5 Å². The third-order valence-electron chi connectivity index (χ3n) is 7.31. The number of aromatic nitrogens is 1. The summed E-state index contributed by atoms with van der Waals surface area (Å²) in [6.45, 7) is -0.429. The van der Waals surface area contributed by atoms with Crippen LogP contribution in [0.1, 0.15) is 21.9 Å². The summed E-state index contributed by atoms with van der Waals surface area (Å²) >= 11 is 1.78. The van der Waals surface area contributed by atoms with Crippen molar-refractivity contribution in [3.05, 3.63) is 98.2 Å². The van der Waals surface area contributed by atoms with E-state index in [0.29, 0.717) is 26.1 Å². The first-order valence-corrected chi connectivity index (χ1v) is 15.0. The normalized spacial score (nSPS) is 19.2. The van der Waals surface area contributed by atoms with Gasteiger partial charge in [0.1, 0.15) is 11.1 Å². The second-order valence-electron chi connectivity index (χ2n) is 10.0. The van der Waals surface area contributed by atoms with Crippen LogP contribution >= 0.6 is 23.1 Å². The molecule has 3 atom stereocenters. The van der Waals surface area contributed by atoms with Crippen molar-refractivity contribution in [2.45, 2.75) is 22.4 Å². The van der Waals surface area contributed by atoms with Crippen LogP contribution in [-0.2, 0) is 20.6 Å². The number of hydrogen-bond donors (Lipinski definition) is 2. The van der Waals surface area contributed by atoms with Gasteiger partial charge < -0.3 is 19.8 Å². The minimum absolute atomic E-state index is 0.161. The Bertz CT molecular complexity index is 1870. The highest BCUT2D eigenvalue weighted by Gasteiger charge is 2.57. The highest BCUT2D eigenvalue weighted by Crippen LogP contribution is 2.54. The Kier molecular flexibility index (Phi) is 7.91. The largest absolute Gasteiger partial charge is 0.493 e. The van der Waals surface area contributed by atoms with Crippen molar-refractivity contribution in [2.75, 3.05) is 23.9 Å². The Balaban J connectivity index is 1.32. The summed E-state index contributed by atoms with van der Waals surface area (Å²) in [5.74, 6) is -4.35. The van der Waals surface area contributed by atoms with Crippen molar-refractivity contribution in [1.29, 1.82) is 0 Å². The Morgan fingerprint density at radius 2 is 1.73 bits per heavy atom. The summed E-state index contributed by atoms with van der Waals surface area (Å²) in [6.07, 6.45) is -4.82. The van der Waals surface area contributed by atoms with E-state index in [1.165, 1.54) is 55.6 Å². The number of alkyl halides is 3. The van der Waals surface area contributed by atoms with Gasteiger partial charge in [-0.05, 0) is 54.1 Å².